The maximum Gasteiger partial charge on any atom is 0.191 e. The van der Waals surface area contributed by atoms with Crippen LogP contribution in [0.5, 0.6) is 5.75 Å². The van der Waals surface area contributed by atoms with Crippen molar-refractivity contribution in [2.45, 2.75) is 13.0 Å². The molecular weight excluding hydrogens is 328 g/mol. The van der Waals surface area contributed by atoms with Crippen molar-refractivity contribution in [1.29, 1.82) is 0 Å². The summed E-state index contributed by atoms with van der Waals surface area (Å²) in [7, 11) is 1.77. The van der Waals surface area contributed by atoms with Gasteiger partial charge < -0.3 is 20.1 Å². The molecule has 2 rings (SSSR count). The van der Waals surface area contributed by atoms with Gasteiger partial charge in [-0.05, 0) is 19.1 Å². The number of halogens is 1. The van der Waals surface area contributed by atoms with Gasteiger partial charge in [-0.2, -0.15) is 0 Å². The molecule has 6 nitrogen and oxygen atoms in total. The van der Waals surface area contributed by atoms with E-state index in [0.29, 0.717) is 17.3 Å². The molecule has 24 heavy (non-hydrogen) atoms. The molecule has 0 aromatic heterocycles. The van der Waals surface area contributed by atoms with Crippen LogP contribution in [0.2, 0.25) is 5.02 Å². The highest BCUT2D eigenvalue weighted by Crippen LogP contribution is 2.23. The van der Waals surface area contributed by atoms with E-state index < -0.39 is 0 Å². The average molecular weight is 355 g/mol. The number of hydrogen-bond acceptors (Lipinski definition) is 4. The maximum atomic E-state index is 6.11. The van der Waals surface area contributed by atoms with Crippen LogP contribution in [0.3, 0.4) is 0 Å². The lowest BCUT2D eigenvalue weighted by Gasteiger charge is -2.26. The van der Waals surface area contributed by atoms with Crippen molar-refractivity contribution in [3.8, 4) is 5.75 Å². The first-order valence-corrected chi connectivity index (χ1v) is 8.72. The van der Waals surface area contributed by atoms with Crippen molar-refractivity contribution in [3.63, 3.8) is 0 Å². The van der Waals surface area contributed by atoms with Gasteiger partial charge >= 0.3 is 0 Å². The van der Waals surface area contributed by atoms with Gasteiger partial charge in [-0.1, -0.05) is 23.7 Å². The predicted molar refractivity (Wildman–Crippen MR) is 98.2 cm³/mol. The molecule has 1 unspecified atom stereocenters. The van der Waals surface area contributed by atoms with E-state index in [0.717, 1.165) is 45.4 Å². The molecule has 1 aromatic rings. The first-order chi connectivity index (χ1) is 11.7. The van der Waals surface area contributed by atoms with Gasteiger partial charge in [0, 0.05) is 33.2 Å². The molecular formula is C17H27ClN4O2. The highest BCUT2D eigenvalue weighted by Gasteiger charge is 2.10. The molecule has 1 heterocycles. The third-order valence-corrected chi connectivity index (χ3v) is 4.08. The summed E-state index contributed by atoms with van der Waals surface area (Å²) in [5, 5.41) is 7.22. The number of aliphatic imine (C=N–C) groups is 1. The van der Waals surface area contributed by atoms with Gasteiger partial charge in [-0.25, -0.2) is 0 Å². The van der Waals surface area contributed by atoms with Crippen molar-refractivity contribution < 1.29 is 9.47 Å². The summed E-state index contributed by atoms with van der Waals surface area (Å²) in [6, 6.07) is 7.49. The number of guanidine groups is 1. The quantitative estimate of drug-likeness (QED) is 0.575. The summed E-state index contributed by atoms with van der Waals surface area (Å²) >= 11 is 6.11. The zero-order chi connectivity index (χ0) is 17.2. The van der Waals surface area contributed by atoms with E-state index in [1.807, 2.05) is 31.2 Å². The van der Waals surface area contributed by atoms with Crippen molar-refractivity contribution in [2.24, 2.45) is 4.99 Å². The molecule has 0 aliphatic carbocycles. The molecule has 1 atom stereocenters. The Morgan fingerprint density at radius 2 is 2.08 bits per heavy atom. The smallest absolute Gasteiger partial charge is 0.191 e. The number of para-hydroxylation sites is 1. The van der Waals surface area contributed by atoms with Crippen LogP contribution in [-0.4, -0.2) is 69.9 Å². The Bertz CT molecular complexity index is 521. The van der Waals surface area contributed by atoms with Crippen LogP contribution in [0, 0.1) is 0 Å². The molecule has 0 saturated carbocycles. The van der Waals surface area contributed by atoms with Crippen LogP contribution in [0.25, 0.3) is 0 Å². The molecule has 2 N–H and O–H groups in total. The van der Waals surface area contributed by atoms with E-state index in [-0.39, 0.29) is 6.10 Å². The Hall–Kier alpha value is -1.50. The molecule has 1 fully saturated rings. The van der Waals surface area contributed by atoms with Crippen LogP contribution in [0.1, 0.15) is 6.92 Å². The third-order valence-electron chi connectivity index (χ3n) is 3.77. The number of nitrogens with zero attached hydrogens (tertiary/aromatic N) is 2. The molecule has 7 heteroatoms. The second kappa shape index (κ2) is 10.4. The summed E-state index contributed by atoms with van der Waals surface area (Å²) < 4.78 is 11.2. The van der Waals surface area contributed by atoms with E-state index >= 15 is 0 Å². The summed E-state index contributed by atoms with van der Waals surface area (Å²) in [4.78, 5) is 6.62. The molecule has 0 amide bonds. The van der Waals surface area contributed by atoms with Gasteiger partial charge in [0.15, 0.2) is 5.96 Å². The lowest BCUT2D eigenvalue weighted by Crippen LogP contribution is -2.46. The number of hydrogen-bond donors (Lipinski definition) is 2. The first-order valence-electron chi connectivity index (χ1n) is 8.35. The largest absolute Gasteiger partial charge is 0.487 e. The van der Waals surface area contributed by atoms with Crippen LogP contribution in [0.4, 0.5) is 0 Å². The number of benzene rings is 1. The number of rotatable bonds is 7. The third kappa shape index (κ3) is 6.55. The van der Waals surface area contributed by atoms with Crippen molar-refractivity contribution in [2.75, 3.05) is 53.0 Å². The fourth-order valence-electron chi connectivity index (χ4n) is 2.42. The highest BCUT2D eigenvalue weighted by molar-refractivity contribution is 6.32. The number of ether oxygens (including phenoxy) is 2. The van der Waals surface area contributed by atoms with Crippen molar-refractivity contribution in [1.82, 2.24) is 15.5 Å². The lowest BCUT2D eigenvalue weighted by atomic mass is 10.3. The Morgan fingerprint density at radius 1 is 1.33 bits per heavy atom. The van der Waals surface area contributed by atoms with Crippen LogP contribution >= 0.6 is 11.6 Å². The fourth-order valence-corrected chi connectivity index (χ4v) is 2.60. The first kappa shape index (κ1) is 18.8. The summed E-state index contributed by atoms with van der Waals surface area (Å²) in [6.45, 7) is 8.11. The van der Waals surface area contributed by atoms with Crippen LogP contribution in [0.15, 0.2) is 29.3 Å². The molecule has 1 saturated heterocycles. The normalized spacial score (nSPS) is 17.4. The van der Waals surface area contributed by atoms with Gasteiger partial charge in [0.25, 0.3) is 0 Å². The SMILES string of the molecule is CN=C(NCCN1CCOCC1)NCC(C)Oc1ccccc1Cl. The Morgan fingerprint density at radius 3 is 2.79 bits per heavy atom. The summed E-state index contributed by atoms with van der Waals surface area (Å²) in [5.74, 6) is 1.47. The average Bonchev–Trinajstić information content (AvgIpc) is 2.61. The lowest BCUT2D eigenvalue weighted by molar-refractivity contribution is 0.0389. The van der Waals surface area contributed by atoms with E-state index in [4.69, 9.17) is 21.1 Å². The van der Waals surface area contributed by atoms with Gasteiger partial charge in [-0.15, -0.1) is 0 Å². The van der Waals surface area contributed by atoms with E-state index in [1.165, 1.54) is 0 Å². The van der Waals surface area contributed by atoms with E-state index in [2.05, 4.69) is 20.5 Å². The van der Waals surface area contributed by atoms with Gasteiger partial charge in [0.1, 0.15) is 11.9 Å². The van der Waals surface area contributed by atoms with Crippen LogP contribution in [-0.2, 0) is 4.74 Å². The molecule has 1 aliphatic rings. The number of nitrogens with one attached hydrogen (secondary N) is 2. The topological polar surface area (TPSA) is 58.1 Å². The van der Waals surface area contributed by atoms with Crippen LogP contribution < -0.4 is 15.4 Å². The predicted octanol–water partition coefficient (Wildman–Crippen LogP) is 1.60. The molecule has 134 valence electrons. The molecule has 0 bridgehead atoms. The van der Waals surface area contributed by atoms with Crippen molar-refractivity contribution >= 4 is 17.6 Å². The second-order valence-electron chi connectivity index (χ2n) is 5.69. The molecule has 0 spiro atoms. The van der Waals surface area contributed by atoms with E-state index in [1.54, 1.807) is 7.05 Å². The Labute approximate surface area is 149 Å². The zero-order valence-electron chi connectivity index (χ0n) is 14.4. The minimum atomic E-state index is -0.0253. The highest BCUT2D eigenvalue weighted by atomic mass is 35.5. The number of morpholine rings is 1. The van der Waals surface area contributed by atoms with Crippen molar-refractivity contribution in [3.05, 3.63) is 29.3 Å². The van der Waals surface area contributed by atoms with E-state index in [9.17, 15) is 0 Å². The monoisotopic (exact) mass is 354 g/mol. The fraction of sp³-hybridized carbons (Fsp3) is 0.588. The Kier molecular flexibility index (Phi) is 8.15. The minimum Gasteiger partial charge on any atom is -0.487 e. The van der Waals surface area contributed by atoms with Gasteiger partial charge in [0.05, 0.1) is 24.8 Å². The zero-order valence-corrected chi connectivity index (χ0v) is 15.2. The summed E-state index contributed by atoms with van der Waals surface area (Å²) in [6.07, 6.45) is -0.0253. The molecule has 1 aliphatic heterocycles. The standard InChI is InChI=1S/C17H27ClN4O2/c1-14(24-16-6-4-3-5-15(16)18)13-21-17(19-2)20-7-8-22-9-11-23-12-10-22/h3-6,14H,7-13H2,1-2H3,(H2,19,20,21). The Balaban J connectivity index is 1.66. The minimum absolute atomic E-state index is 0.0253. The van der Waals surface area contributed by atoms with Gasteiger partial charge in [0.2, 0.25) is 0 Å². The molecule has 1 aromatic carbocycles. The molecule has 0 radical (unpaired) electrons. The second-order valence-corrected chi connectivity index (χ2v) is 6.10. The maximum absolute atomic E-state index is 6.11. The summed E-state index contributed by atoms with van der Waals surface area (Å²) in [5.41, 5.74) is 0. The van der Waals surface area contributed by atoms with Gasteiger partial charge in [-0.3, -0.25) is 9.89 Å².